The van der Waals surface area contributed by atoms with Crippen molar-refractivity contribution in [1.82, 2.24) is 10.2 Å². The van der Waals surface area contributed by atoms with Crippen molar-refractivity contribution < 1.29 is 14.3 Å². The van der Waals surface area contributed by atoms with Crippen molar-refractivity contribution in [1.29, 1.82) is 0 Å². The highest BCUT2D eigenvalue weighted by molar-refractivity contribution is 5.86. The van der Waals surface area contributed by atoms with Gasteiger partial charge in [-0.05, 0) is 32.6 Å². The molecule has 0 aromatic heterocycles. The number of hydrogen-bond donors (Lipinski definition) is 2. The van der Waals surface area contributed by atoms with E-state index in [1.165, 1.54) is 0 Å². The lowest BCUT2D eigenvalue weighted by Gasteiger charge is -2.36. The predicted molar refractivity (Wildman–Crippen MR) is 75.0 cm³/mol. The van der Waals surface area contributed by atoms with Crippen LogP contribution in [0.15, 0.2) is 0 Å². The van der Waals surface area contributed by atoms with Crippen LogP contribution in [0.4, 0.5) is 0 Å². The lowest BCUT2D eigenvalue weighted by Crippen LogP contribution is -2.52. The van der Waals surface area contributed by atoms with E-state index in [4.69, 9.17) is 10.5 Å². The number of piperidine rings is 1. The molecular weight excluding hydrogens is 258 g/mol. The van der Waals surface area contributed by atoms with Crippen molar-refractivity contribution in [2.75, 3.05) is 32.8 Å². The van der Waals surface area contributed by atoms with E-state index in [1.807, 2.05) is 6.92 Å². The van der Waals surface area contributed by atoms with Crippen LogP contribution in [0.1, 0.15) is 32.6 Å². The minimum Gasteiger partial charge on any atom is -0.365 e. The van der Waals surface area contributed by atoms with Crippen molar-refractivity contribution in [2.45, 2.75) is 38.2 Å². The van der Waals surface area contributed by atoms with Crippen LogP contribution in [-0.2, 0) is 14.3 Å². The Morgan fingerprint density at radius 2 is 2.25 bits per heavy atom. The number of nitrogens with zero attached hydrogens (tertiary/aromatic N) is 1. The molecule has 0 aliphatic carbocycles. The third kappa shape index (κ3) is 3.30. The molecule has 6 heteroatoms. The summed E-state index contributed by atoms with van der Waals surface area (Å²) in [6.45, 7) is 4.65. The van der Waals surface area contributed by atoms with Gasteiger partial charge in [0.15, 0.2) is 0 Å². The molecule has 2 saturated heterocycles. The maximum Gasteiger partial charge on any atom is 0.254 e. The Morgan fingerprint density at radius 3 is 2.90 bits per heavy atom. The van der Waals surface area contributed by atoms with Crippen LogP contribution in [0.2, 0.25) is 0 Å². The van der Waals surface area contributed by atoms with Gasteiger partial charge in [-0.3, -0.25) is 9.59 Å². The molecule has 0 radical (unpaired) electrons. The molecular formula is C14H25N3O3. The van der Waals surface area contributed by atoms with Crippen LogP contribution >= 0.6 is 0 Å². The van der Waals surface area contributed by atoms with Gasteiger partial charge in [0.05, 0.1) is 5.92 Å². The number of nitrogens with one attached hydrogen (secondary N) is 1. The van der Waals surface area contributed by atoms with Crippen LogP contribution < -0.4 is 11.1 Å². The monoisotopic (exact) mass is 283 g/mol. The van der Waals surface area contributed by atoms with Gasteiger partial charge in [-0.15, -0.1) is 0 Å². The van der Waals surface area contributed by atoms with Crippen molar-refractivity contribution in [3.63, 3.8) is 0 Å². The second kappa shape index (κ2) is 6.54. The summed E-state index contributed by atoms with van der Waals surface area (Å²) in [6, 6.07) is 0. The van der Waals surface area contributed by atoms with Gasteiger partial charge in [0.25, 0.3) is 5.91 Å². The number of carbonyl (C=O) groups is 2. The van der Waals surface area contributed by atoms with Gasteiger partial charge >= 0.3 is 0 Å². The van der Waals surface area contributed by atoms with Crippen LogP contribution in [0.5, 0.6) is 0 Å². The SMILES string of the molecule is CC1(C(=O)N2CCCC(C(=O)NCCN)C2)CCCO1. The van der Waals surface area contributed by atoms with Gasteiger partial charge in [0, 0.05) is 32.8 Å². The van der Waals surface area contributed by atoms with E-state index < -0.39 is 5.60 Å². The third-order valence-electron chi connectivity index (χ3n) is 4.19. The number of hydrogen-bond acceptors (Lipinski definition) is 4. The van der Waals surface area contributed by atoms with E-state index in [1.54, 1.807) is 4.90 Å². The first kappa shape index (κ1) is 15.3. The lowest BCUT2D eigenvalue weighted by molar-refractivity contribution is -0.153. The summed E-state index contributed by atoms with van der Waals surface area (Å²) in [5.41, 5.74) is 4.70. The zero-order valence-electron chi connectivity index (χ0n) is 12.2. The molecule has 2 amide bonds. The molecule has 2 rings (SSSR count). The first-order valence-electron chi connectivity index (χ1n) is 7.48. The fraction of sp³-hybridized carbons (Fsp3) is 0.857. The Bertz CT molecular complexity index is 367. The Kier molecular flexibility index (Phi) is 4.99. The van der Waals surface area contributed by atoms with Gasteiger partial charge in [0.2, 0.25) is 5.91 Å². The summed E-state index contributed by atoms with van der Waals surface area (Å²) < 4.78 is 5.61. The number of amides is 2. The molecule has 2 fully saturated rings. The summed E-state index contributed by atoms with van der Waals surface area (Å²) in [4.78, 5) is 26.3. The number of carbonyl (C=O) groups excluding carboxylic acids is 2. The van der Waals surface area contributed by atoms with E-state index in [0.29, 0.717) is 26.2 Å². The molecule has 20 heavy (non-hydrogen) atoms. The zero-order valence-corrected chi connectivity index (χ0v) is 12.2. The van der Waals surface area contributed by atoms with Crippen LogP contribution in [0.3, 0.4) is 0 Å². The number of likely N-dealkylation sites (tertiary alicyclic amines) is 1. The molecule has 6 nitrogen and oxygen atoms in total. The normalized spacial score (nSPS) is 30.3. The van der Waals surface area contributed by atoms with E-state index in [2.05, 4.69) is 5.32 Å². The molecule has 2 aliphatic rings. The lowest BCUT2D eigenvalue weighted by atomic mass is 9.94. The molecule has 114 valence electrons. The minimum atomic E-state index is -0.685. The standard InChI is InChI=1S/C14H25N3O3/c1-14(5-3-9-20-14)13(19)17-8-2-4-11(10-17)12(18)16-7-6-15/h11H,2-10,15H2,1H3,(H,16,18). The minimum absolute atomic E-state index is 0.00504. The molecule has 2 atom stereocenters. The average Bonchev–Trinajstić information content (AvgIpc) is 2.92. The smallest absolute Gasteiger partial charge is 0.254 e. The Balaban J connectivity index is 1.92. The molecule has 2 unspecified atom stereocenters. The highest BCUT2D eigenvalue weighted by atomic mass is 16.5. The number of rotatable bonds is 4. The summed E-state index contributed by atoms with van der Waals surface area (Å²) in [6.07, 6.45) is 3.39. The first-order chi connectivity index (χ1) is 9.57. The van der Waals surface area contributed by atoms with Gasteiger partial charge in [-0.2, -0.15) is 0 Å². The second-order valence-electron chi connectivity index (χ2n) is 5.85. The fourth-order valence-electron chi connectivity index (χ4n) is 3.00. The van der Waals surface area contributed by atoms with Crippen molar-refractivity contribution in [3.8, 4) is 0 Å². The molecule has 0 bridgehead atoms. The van der Waals surface area contributed by atoms with Gasteiger partial charge in [0.1, 0.15) is 5.60 Å². The van der Waals surface area contributed by atoms with E-state index in [0.717, 1.165) is 32.2 Å². The molecule has 0 aromatic rings. The van der Waals surface area contributed by atoms with Crippen molar-refractivity contribution in [3.05, 3.63) is 0 Å². The molecule has 2 heterocycles. The zero-order chi connectivity index (χ0) is 14.6. The summed E-state index contributed by atoms with van der Waals surface area (Å²) in [5.74, 6) is -0.0824. The topological polar surface area (TPSA) is 84.7 Å². The Labute approximate surface area is 120 Å². The molecule has 3 N–H and O–H groups in total. The van der Waals surface area contributed by atoms with E-state index >= 15 is 0 Å². The summed E-state index contributed by atoms with van der Waals surface area (Å²) in [5, 5.41) is 2.81. The quantitative estimate of drug-likeness (QED) is 0.752. The Morgan fingerprint density at radius 1 is 1.45 bits per heavy atom. The third-order valence-corrected chi connectivity index (χ3v) is 4.19. The molecule has 2 aliphatic heterocycles. The van der Waals surface area contributed by atoms with Gasteiger partial charge in [-0.25, -0.2) is 0 Å². The number of ether oxygens (including phenoxy) is 1. The molecule has 0 aromatic carbocycles. The van der Waals surface area contributed by atoms with E-state index in [-0.39, 0.29) is 17.7 Å². The van der Waals surface area contributed by atoms with Crippen LogP contribution in [0.25, 0.3) is 0 Å². The van der Waals surface area contributed by atoms with E-state index in [9.17, 15) is 9.59 Å². The Hall–Kier alpha value is -1.14. The van der Waals surface area contributed by atoms with Gasteiger partial charge in [-0.1, -0.05) is 0 Å². The van der Waals surface area contributed by atoms with Crippen molar-refractivity contribution in [2.24, 2.45) is 11.7 Å². The highest BCUT2D eigenvalue weighted by Crippen LogP contribution is 2.29. The molecule has 0 saturated carbocycles. The first-order valence-corrected chi connectivity index (χ1v) is 7.48. The largest absolute Gasteiger partial charge is 0.365 e. The average molecular weight is 283 g/mol. The highest BCUT2D eigenvalue weighted by Gasteiger charge is 2.42. The summed E-state index contributed by atoms with van der Waals surface area (Å²) >= 11 is 0. The van der Waals surface area contributed by atoms with Crippen LogP contribution in [-0.4, -0.2) is 55.1 Å². The van der Waals surface area contributed by atoms with Crippen molar-refractivity contribution >= 4 is 11.8 Å². The van der Waals surface area contributed by atoms with Gasteiger partial charge < -0.3 is 20.7 Å². The second-order valence-corrected chi connectivity index (χ2v) is 5.85. The predicted octanol–water partition coefficient (Wildman–Crippen LogP) is -0.131. The maximum atomic E-state index is 12.6. The summed E-state index contributed by atoms with van der Waals surface area (Å²) in [7, 11) is 0. The van der Waals surface area contributed by atoms with Crippen LogP contribution in [0, 0.1) is 5.92 Å². The molecule has 0 spiro atoms. The number of nitrogens with two attached hydrogens (primary N) is 1. The fourth-order valence-corrected chi connectivity index (χ4v) is 3.00. The maximum absolute atomic E-state index is 12.6.